The Morgan fingerprint density at radius 2 is 2.10 bits per heavy atom. The summed E-state index contributed by atoms with van der Waals surface area (Å²) in [7, 11) is 0. The largest absolute Gasteiger partial charge is 0.485 e. The van der Waals surface area contributed by atoms with Crippen LogP contribution in [0.4, 0.5) is 5.69 Å². The lowest BCUT2D eigenvalue weighted by atomic mass is 10.1. The van der Waals surface area contributed by atoms with E-state index in [1.54, 1.807) is 31.2 Å². The van der Waals surface area contributed by atoms with Gasteiger partial charge in [0.2, 0.25) is 17.6 Å². The predicted octanol–water partition coefficient (Wildman–Crippen LogP) is 3.33. The fourth-order valence-corrected chi connectivity index (χ4v) is 3.36. The summed E-state index contributed by atoms with van der Waals surface area (Å²) in [5.41, 5.74) is 2.03. The molecule has 8 heteroatoms. The number of benzene rings is 2. The number of likely N-dealkylation sites (tertiary alicyclic amines) is 1. The summed E-state index contributed by atoms with van der Waals surface area (Å²) in [4.78, 5) is 30.6. The van der Waals surface area contributed by atoms with Crippen LogP contribution in [0.2, 0.25) is 0 Å². The van der Waals surface area contributed by atoms with Crippen molar-refractivity contribution in [2.24, 2.45) is 0 Å². The molecule has 3 aromatic rings. The van der Waals surface area contributed by atoms with Gasteiger partial charge in [0.05, 0.1) is 5.56 Å². The van der Waals surface area contributed by atoms with Crippen LogP contribution in [0.15, 0.2) is 53.1 Å². The van der Waals surface area contributed by atoms with Gasteiger partial charge < -0.3 is 19.5 Å². The lowest BCUT2D eigenvalue weighted by Crippen LogP contribution is -2.23. The Kier molecular flexibility index (Phi) is 5.74. The molecule has 0 unspecified atom stereocenters. The number of ether oxygens (including phenoxy) is 1. The molecule has 0 radical (unpaired) electrons. The van der Waals surface area contributed by atoms with Crippen molar-refractivity contribution in [3.05, 3.63) is 71.4 Å². The average molecular weight is 406 g/mol. The van der Waals surface area contributed by atoms with E-state index in [1.165, 1.54) is 0 Å². The molecule has 2 heterocycles. The number of aryl methyl sites for hydroxylation is 1. The third kappa shape index (κ3) is 4.65. The van der Waals surface area contributed by atoms with E-state index >= 15 is 0 Å². The van der Waals surface area contributed by atoms with Crippen LogP contribution in [0.5, 0.6) is 5.75 Å². The van der Waals surface area contributed by atoms with Crippen molar-refractivity contribution in [2.45, 2.75) is 32.9 Å². The number of anilines is 1. The molecule has 2 amide bonds. The average Bonchev–Trinajstić information content (AvgIpc) is 3.35. The fraction of sp³-hybridized carbons (Fsp3) is 0.273. The van der Waals surface area contributed by atoms with E-state index in [2.05, 4.69) is 15.5 Å². The fourth-order valence-electron chi connectivity index (χ4n) is 3.36. The van der Waals surface area contributed by atoms with Gasteiger partial charge in [-0.2, -0.15) is 4.98 Å². The maximum absolute atomic E-state index is 12.9. The van der Waals surface area contributed by atoms with E-state index in [4.69, 9.17) is 9.26 Å². The number of nitrogens with zero attached hydrogens (tertiary/aromatic N) is 3. The van der Waals surface area contributed by atoms with Crippen LogP contribution in [0, 0.1) is 6.92 Å². The van der Waals surface area contributed by atoms with Crippen molar-refractivity contribution in [1.29, 1.82) is 0 Å². The van der Waals surface area contributed by atoms with Gasteiger partial charge in [-0.25, -0.2) is 0 Å². The van der Waals surface area contributed by atoms with Crippen molar-refractivity contribution in [3.63, 3.8) is 0 Å². The van der Waals surface area contributed by atoms with Gasteiger partial charge in [0.1, 0.15) is 5.75 Å². The maximum atomic E-state index is 12.9. The highest BCUT2D eigenvalue weighted by molar-refractivity contribution is 6.06. The molecule has 0 aliphatic carbocycles. The number of hydrogen-bond donors (Lipinski definition) is 1. The Morgan fingerprint density at radius 1 is 1.23 bits per heavy atom. The number of carbonyl (C=O) groups is 2. The van der Waals surface area contributed by atoms with Crippen LogP contribution >= 0.6 is 0 Å². The van der Waals surface area contributed by atoms with Gasteiger partial charge in [-0.3, -0.25) is 9.59 Å². The minimum atomic E-state index is -0.288. The predicted molar refractivity (Wildman–Crippen MR) is 109 cm³/mol. The Labute approximate surface area is 173 Å². The second-order valence-corrected chi connectivity index (χ2v) is 7.09. The quantitative estimate of drug-likeness (QED) is 0.646. The molecular formula is C22H22N4O4. The number of carbonyl (C=O) groups excluding carboxylic acids is 2. The lowest BCUT2D eigenvalue weighted by Gasteiger charge is -2.16. The SMILES string of the molecule is Cc1nc(COc2ccccc2C(=O)Nc2cccc(CN3CCCC3=O)c2)no1. The topological polar surface area (TPSA) is 97.6 Å². The molecule has 0 saturated carbocycles. The number of para-hydroxylation sites is 1. The molecule has 1 aliphatic rings. The minimum Gasteiger partial charge on any atom is -0.485 e. The van der Waals surface area contributed by atoms with E-state index in [9.17, 15) is 9.59 Å². The summed E-state index contributed by atoms with van der Waals surface area (Å²) >= 11 is 0. The first-order chi connectivity index (χ1) is 14.6. The maximum Gasteiger partial charge on any atom is 0.259 e. The highest BCUT2D eigenvalue weighted by Gasteiger charge is 2.20. The number of aromatic nitrogens is 2. The lowest BCUT2D eigenvalue weighted by molar-refractivity contribution is -0.128. The first kappa shape index (κ1) is 19.6. The van der Waals surface area contributed by atoms with Gasteiger partial charge in [-0.05, 0) is 36.2 Å². The number of rotatable bonds is 7. The van der Waals surface area contributed by atoms with E-state index in [0.29, 0.717) is 41.7 Å². The number of amides is 2. The second kappa shape index (κ2) is 8.77. The van der Waals surface area contributed by atoms with Gasteiger partial charge in [-0.15, -0.1) is 0 Å². The van der Waals surface area contributed by atoms with Crippen molar-refractivity contribution in [1.82, 2.24) is 15.0 Å². The summed E-state index contributed by atoms with van der Waals surface area (Å²) in [6.07, 6.45) is 1.51. The van der Waals surface area contributed by atoms with Crippen molar-refractivity contribution in [3.8, 4) is 5.75 Å². The zero-order valence-corrected chi connectivity index (χ0v) is 16.6. The third-order valence-electron chi connectivity index (χ3n) is 4.79. The molecule has 154 valence electrons. The summed E-state index contributed by atoms with van der Waals surface area (Å²) in [5, 5.41) is 6.70. The van der Waals surface area contributed by atoms with E-state index in [0.717, 1.165) is 18.5 Å². The Morgan fingerprint density at radius 3 is 2.87 bits per heavy atom. The molecule has 1 fully saturated rings. The third-order valence-corrected chi connectivity index (χ3v) is 4.79. The number of hydrogen-bond acceptors (Lipinski definition) is 6. The molecule has 8 nitrogen and oxygen atoms in total. The number of nitrogens with one attached hydrogen (secondary N) is 1. The molecular weight excluding hydrogens is 384 g/mol. The molecule has 30 heavy (non-hydrogen) atoms. The van der Waals surface area contributed by atoms with Crippen LogP contribution in [-0.2, 0) is 17.9 Å². The smallest absolute Gasteiger partial charge is 0.259 e. The van der Waals surface area contributed by atoms with E-state index in [1.807, 2.05) is 29.2 Å². The summed E-state index contributed by atoms with van der Waals surface area (Å²) in [6.45, 7) is 3.12. The van der Waals surface area contributed by atoms with Crippen LogP contribution in [0.25, 0.3) is 0 Å². The molecule has 1 aromatic heterocycles. The Balaban J connectivity index is 1.43. The highest BCUT2D eigenvalue weighted by atomic mass is 16.5. The molecule has 2 aromatic carbocycles. The molecule has 1 saturated heterocycles. The highest BCUT2D eigenvalue weighted by Crippen LogP contribution is 2.22. The zero-order valence-electron chi connectivity index (χ0n) is 16.6. The first-order valence-corrected chi connectivity index (χ1v) is 9.77. The van der Waals surface area contributed by atoms with Crippen molar-refractivity contribution in [2.75, 3.05) is 11.9 Å². The normalized spacial score (nSPS) is 13.5. The second-order valence-electron chi connectivity index (χ2n) is 7.09. The Hall–Kier alpha value is -3.68. The summed E-state index contributed by atoms with van der Waals surface area (Å²) in [6, 6.07) is 14.5. The monoisotopic (exact) mass is 406 g/mol. The van der Waals surface area contributed by atoms with Crippen molar-refractivity contribution >= 4 is 17.5 Å². The van der Waals surface area contributed by atoms with Crippen LogP contribution in [-0.4, -0.2) is 33.4 Å². The van der Waals surface area contributed by atoms with Crippen molar-refractivity contribution < 1.29 is 18.8 Å². The van der Waals surface area contributed by atoms with Gasteiger partial charge in [0, 0.05) is 32.1 Å². The van der Waals surface area contributed by atoms with Gasteiger partial charge in [0.15, 0.2) is 6.61 Å². The molecule has 1 N–H and O–H groups in total. The van der Waals surface area contributed by atoms with Crippen LogP contribution in [0.1, 0.15) is 40.5 Å². The molecule has 1 aliphatic heterocycles. The van der Waals surface area contributed by atoms with Crippen LogP contribution < -0.4 is 10.1 Å². The molecule has 0 atom stereocenters. The molecule has 0 spiro atoms. The van der Waals surface area contributed by atoms with Gasteiger partial charge in [-0.1, -0.05) is 29.4 Å². The van der Waals surface area contributed by atoms with Gasteiger partial charge in [0.25, 0.3) is 5.91 Å². The standard InChI is InChI=1S/C22H22N4O4/c1-15-23-20(25-30-15)14-29-19-9-3-2-8-18(19)22(28)24-17-7-4-6-16(12-17)13-26-11-5-10-21(26)27/h2-4,6-9,12H,5,10-11,13-14H2,1H3,(H,24,28). The summed E-state index contributed by atoms with van der Waals surface area (Å²) in [5.74, 6) is 1.18. The molecule has 4 rings (SSSR count). The molecule has 0 bridgehead atoms. The Bertz CT molecular complexity index is 1060. The van der Waals surface area contributed by atoms with E-state index in [-0.39, 0.29) is 18.4 Å². The summed E-state index contributed by atoms with van der Waals surface area (Å²) < 4.78 is 10.7. The van der Waals surface area contributed by atoms with E-state index < -0.39 is 0 Å². The minimum absolute atomic E-state index is 0.0982. The first-order valence-electron chi connectivity index (χ1n) is 9.77. The zero-order chi connectivity index (χ0) is 20.9. The van der Waals surface area contributed by atoms with Crippen LogP contribution in [0.3, 0.4) is 0 Å². The van der Waals surface area contributed by atoms with Gasteiger partial charge >= 0.3 is 0 Å².